The summed E-state index contributed by atoms with van der Waals surface area (Å²) < 4.78 is 12.7. The van der Waals surface area contributed by atoms with Crippen molar-refractivity contribution in [1.82, 2.24) is 4.90 Å². The molecule has 0 aromatic heterocycles. The predicted molar refractivity (Wildman–Crippen MR) is 102 cm³/mol. The summed E-state index contributed by atoms with van der Waals surface area (Å²) in [6.07, 6.45) is -0.0876. The molecule has 0 spiro atoms. The van der Waals surface area contributed by atoms with Gasteiger partial charge in [-0.2, -0.15) is 0 Å². The third kappa shape index (κ3) is 4.61. The van der Waals surface area contributed by atoms with Crippen molar-refractivity contribution < 1.29 is 14.3 Å². The molecule has 1 unspecified atom stereocenters. The Balaban J connectivity index is 1.49. The SMILES string of the molecule is CN(CC(=O)Nc1cccc(I)c1)CC1COc2ccccc2O1. The third-order valence-corrected chi connectivity index (χ3v) is 4.28. The topological polar surface area (TPSA) is 50.8 Å². The van der Waals surface area contributed by atoms with Crippen LogP contribution in [0.25, 0.3) is 0 Å². The number of carbonyl (C=O) groups excluding carboxylic acids is 1. The first kappa shape index (κ1) is 17.0. The number of fused-ring (bicyclic) bond motifs is 1. The molecule has 1 amide bonds. The Morgan fingerprint density at radius 2 is 2.04 bits per heavy atom. The number of nitrogens with one attached hydrogen (secondary N) is 1. The maximum absolute atomic E-state index is 12.1. The van der Waals surface area contributed by atoms with Crippen LogP contribution in [0.1, 0.15) is 0 Å². The summed E-state index contributed by atoms with van der Waals surface area (Å²) in [4.78, 5) is 14.1. The zero-order valence-electron chi connectivity index (χ0n) is 13.4. The average Bonchev–Trinajstić information content (AvgIpc) is 2.54. The van der Waals surface area contributed by atoms with E-state index in [2.05, 4.69) is 27.9 Å². The van der Waals surface area contributed by atoms with E-state index >= 15 is 0 Å². The van der Waals surface area contributed by atoms with Crippen molar-refractivity contribution in [2.24, 2.45) is 0 Å². The average molecular weight is 438 g/mol. The second-order valence-corrected chi connectivity index (χ2v) is 7.00. The standard InChI is InChI=1S/C18H19IN2O3/c1-21(11-18(22)20-14-6-4-5-13(19)9-14)10-15-12-23-16-7-2-3-8-17(16)24-15/h2-9,15H,10-12H2,1H3,(H,20,22). The Hall–Kier alpha value is -1.80. The quantitative estimate of drug-likeness (QED) is 0.730. The molecule has 1 N–H and O–H groups in total. The number of ether oxygens (including phenoxy) is 2. The first-order chi connectivity index (χ1) is 11.6. The van der Waals surface area contributed by atoms with E-state index in [1.54, 1.807) is 0 Å². The van der Waals surface area contributed by atoms with Crippen LogP contribution in [-0.4, -0.2) is 43.7 Å². The highest BCUT2D eigenvalue weighted by Crippen LogP contribution is 2.30. The molecule has 1 aliphatic rings. The van der Waals surface area contributed by atoms with E-state index in [0.29, 0.717) is 19.7 Å². The van der Waals surface area contributed by atoms with Gasteiger partial charge in [-0.25, -0.2) is 0 Å². The minimum atomic E-state index is -0.0876. The highest BCUT2D eigenvalue weighted by atomic mass is 127. The molecule has 24 heavy (non-hydrogen) atoms. The van der Waals surface area contributed by atoms with Gasteiger partial charge in [-0.3, -0.25) is 9.69 Å². The van der Waals surface area contributed by atoms with Gasteiger partial charge in [0.2, 0.25) is 5.91 Å². The van der Waals surface area contributed by atoms with E-state index in [9.17, 15) is 4.79 Å². The van der Waals surface area contributed by atoms with Crippen LogP contribution in [0, 0.1) is 3.57 Å². The van der Waals surface area contributed by atoms with Gasteiger partial charge >= 0.3 is 0 Å². The van der Waals surface area contributed by atoms with E-state index in [1.165, 1.54) is 0 Å². The Kier molecular flexibility index (Phi) is 5.57. The van der Waals surface area contributed by atoms with Crippen LogP contribution in [0.15, 0.2) is 48.5 Å². The summed E-state index contributed by atoms with van der Waals surface area (Å²) in [7, 11) is 1.90. The van der Waals surface area contributed by atoms with Crippen molar-refractivity contribution in [2.75, 3.05) is 32.1 Å². The maximum Gasteiger partial charge on any atom is 0.238 e. The summed E-state index contributed by atoms with van der Waals surface area (Å²) in [6, 6.07) is 15.4. The molecule has 0 saturated heterocycles. The fourth-order valence-electron chi connectivity index (χ4n) is 2.58. The molecule has 2 aromatic carbocycles. The first-order valence-corrected chi connectivity index (χ1v) is 8.80. The van der Waals surface area contributed by atoms with Gasteiger partial charge in [-0.1, -0.05) is 18.2 Å². The summed E-state index contributed by atoms with van der Waals surface area (Å²) >= 11 is 2.22. The molecule has 0 fully saturated rings. The molecule has 1 aliphatic heterocycles. The molecule has 0 saturated carbocycles. The monoisotopic (exact) mass is 438 g/mol. The van der Waals surface area contributed by atoms with Crippen LogP contribution in [0.4, 0.5) is 5.69 Å². The van der Waals surface area contributed by atoms with Crippen molar-refractivity contribution in [3.8, 4) is 11.5 Å². The van der Waals surface area contributed by atoms with Crippen LogP contribution < -0.4 is 14.8 Å². The predicted octanol–water partition coefficient (Wildman–Crippen LogP) is 3.00. The van der Waals surface area contributed by atoms with Gasteiger partial charge in [0, 0.05) is 15.8 Å². The lowest BCUT2D eigenvalue weighted by molar-refractivity contribution is -0.117. The minimum Gasteiger partial charge on any atom is -0.486 e. The molecule has 6 heteroatoms. The lowest BCUT2D eigenvalue weighted by Gasteiger charge is -2.29. The fraction of sp³-hybridized carbons (Fsp3) is 0.278. The van der Waals surface area contributed by atoms with Crippen molar-refractivity contribution in [3.63, 3.8) is 0 Å². The van der Waals surface area contributed by atoms with Gasteiger partial charge in [0.25, 0.3) is 0 Å². The summed E-state index contributed by atoms with van der Waals surface area (Å²) in [5, 5.41) is 2.91. The van der Waals surface area contributed by atoms with E-state index in [-0.39, 0.29) is 12.0 Å². The number of hydrogen-bond donors (Lipinski definition) is 1. The molecule has 0 bridgehead atoms. The number of rotatable bonds is 5. The van der Waals surface area contributed by atoms with Crippen LogP contribution in [0.5, 0.6) is 11.5 Å². The zero-order chi connectivity index (χ0) is 16.9. The normalized spacial score (nSPS) is 16.0. The van der Waals surface area contributed by atoms with Gasteiger partial charge in [0.15, 0.2) is 11.5 Å². The van der Waals surface area contributed by atoms with E-state index < -0.39 is 0 Å². The number of benzene rings is 2. The Bertz CT molecular complexity index is 723. The molecular weight excluding hydrogens is 419 g/mol. The lowest BCUT2D eigenvalue weighted by atomic mass is 10.2. The molecule has 1 atom stereocenters. The second-order valence-electron chi connectivity index (χ2n) is 5.75. The highest BCUT2D eigenvalue weighted by molar-refractivity contribution is 14.1. The summed E-state index contributed by atoms with van der Waals surface area (Å²) in [5.41, 5.74) is 0.812. The van der Waals surface area contributed by atoms with Crippen molar-refractivity contribution >= 4 is 34.2 Å². The lowest BCUT2D eigenvalue weighted by Crippen LogP contribution is -2.42. The van der Waals surface area contributed by atoms with Gasteiger partial charge in [0.1, 0.15) is 12.7 Å². The number of amides is 1. The smallest absolute Gasteiger partial charge is 0.238 e. The Labute approximate surface area is 155 Å². The van der Waals surface area contributed by atoms with Crippen molar-refractivity contribution in [2.45, 2.75) is 6.10 Å². The number of nitrogens with zero attached hydrogens (tertiary/aromatic N) is 1. The van der Waals surface area contributed by atoms with Gasteiger partial charge in [0.05, 0.1) is 6.54 Å². The van der Waals surface area contributed by atoms with Gasteiger partial charge < -0.3 is 14.8 Å². The van der Waals surface area contributed by atoms with Gasteiger partial charge in [-0.05, 0) is 60.0 Å². The number of halogens is 1. The van der Waals surface area contributed by atoms with E-state index in [0.717, 1.165) is 20.8 Å². The molecule has 3 rings (SSSR count). The van der Waals surface area contributed by atoms with Crippen molar-refractivity contribution in [3.05, 3.63) is 52.1 Å². The summed E-state index contributed by atoms with van der Waals surface area (Å²) in [5.74, 6) is 1.48. The largest absolute Gasteiger partial charge is 0.486 e. The molecule has 2 aromatic rings. The number of para-hydroxylation sites is 2. The van der Waals surface area contributed by atoms with Crippen molar-refractivity contribution in [1.29, 1.82) is 0 Å². The van der Waals surface area contributed by atoms with E-state index in [4.69, 9.17) is 9.47 Å². The number of carbonyl (C=O) groups is 1. The van der Waals surface area contributed by atoms with Crippen LogP contribution in [0.2, 0.25) is 0 Å². The van der Waals surface area contributed by atoms with E-state index in [1.807, 2.05) is 60.5 Å². The Morgan fingerprint density at radius 3 is 2.83 bits per heavy atom. The van der Waals surface area contributed by atoms with Crippen LogP contribution >= 0.6 is 22.6 Å². The minimum absolute atomic E-state index is 0.0448. The molecule has 0 aliphatic carbocycles. The van der Waals surface area contributed by atoms with Crippen LogP contribution in [-0.2, 0) is 4.79 Å². The maximum atomic E-state index is 12.1. The zero-order valence-corrected chi connectivity index (χ0v) is 15.5. The molecule has 5 nitrogen and oxygen atoms in total. The Morgan fingerprint density at radius 1 is 1.25 bits per heavy atom. The number of likely N-dealkylation sites (N-methyl/N-ethyl adjacent to an activating group) is 1. The van der Waals surface area contributed by atoms with Gasteiger partial charge in [-0.15, -0.1) is 0 Å². The molecule has 0 radical (unpaired) electrons. The third-order valence-electron chi connectivity index (χ3n) is 3.60. The second kappa shape index (κ2) is 7.85. The molecular formula is C18H19IN2O3. The van der Waals surface area contributed by atoms with Crippen LogP contribution in [0.3, 0.4) is 0 Å². The highest BCUT2D eigenvalue weighted by Gasteiger charge is 2.22. The number of anilines is 1. The first-order valence-electron chi connectivity index (χ1n) is 7.72. The number of hydrogen-bond acceptors (Lipinski definition) is 4. The molecule has 126 valence electrons. The summed E-state index contributed by atoms with van der Waals surface area (Å²) in [6.45, 7) is 1.40. The molecule has 1 heterocycles. The fourth-order valence-corrected chi connectivity index (χ4v) is 3.12.